The van der Waals surface area contributed by atoms with Crippen LogP contribution in [0.4, 0.5) is 8.78 Å². The number of hydrogen-bond acceptors (Lipinski definition) is 4. The van der Waals surface area contributed by atoms with E-state index in [9.17, 15) is 13.6 Å². The summed E-state index contributed by atoms with van der Waals surface area (Å²) >= 11 is 0. The summed E-state index contributed by atoms with van der Waals surface area (Å²) in [4.78, 5) is 12.6. The lowest BCUT2D eigenvalue weighted by molar-refractivity contribution is 0.0734. The van der Waals surface area contributed by atoms with Gasteiger partial charge in [-0.2, -0.15) is 4.39 Å². The molecule has 0 aliphatic heterocycles. The fourth-order valence-electron chi connectivity index (χ4n) is 4.74. The molecule has 0 saturated heterocycles. The van der Waals surface area contributed by atoms with Crippen LogP contribution in [0.5, 0.6) is 17.2 Å². The molecule has 42 heavy (non-hydrogen) atoms. The van der Waals surface area contributed by atoms with Gasteiger partial charge in [-0.3, -0.25) is 0 Å². The fraction of sp³-hybridized carbons (Fsp3) is 0.472. The quantitative estimate of drug-likeness (QED) is 0.0757. The molecule has 3 rings (SSSR count). The molecule has 0 unspecified atom stereocenters. The number of benzene rings is 3. The molecule has 0 saturated carbocycles. The highest BCUT2D eigenvalue weighted by Crippen LogP contribution is 2.31. The van der Waals surface area contributed by atoms with Crippen LogP contribution in [0.3, 0.4) is 0 Å². The van der Waals surface area contributed by atoms with E-state index in [1.165, 1.54) is 63.5 Å². The van der Waals surface area contributed by atoms with Crippen molar-refractivity contribution < 1.29 is 27.8 Å². The average Bonchev–Trinajstić information content (AvgIpc) is 3.01. The van der Waals surface area contributed by atoms with E-state index in [-0.39, 0.29) is 11.3 Å². The van der Waals surface area contributed by atoms with Crippen molar-refractivity contribution in [3.63, 3.8) is 0 Å². The normalized spacial score (nSPS) is 11.0. The lowest BCUT2D eigenvalue weighted by Crippen LogP contribution is -2.08. The molecule has 0 N–H and O–H groups in total. The summed E-state index contributed by atoms with van der Waals surface area (Å²) in [6.45, 7) is 5.40. The van der Waals surface area contributed by atoms with Gasteiger partial charge < -0.3 is 14.2 Å². The lowest BCUT2D eigenvalue weighted by Gasteiger charge is -2.11. The molecule has 0 spiro atoms. The summed E-state index contributed by atoms with van der Waals surface area (Å²) < 4.78 is 46.3. The zero-order valence-electron chi connectivity index (χ0n) is 25.3. The van der Waals surface area contributed by atoms with Gasteiger partial charge in [0.15, 0.2) is 11.6 Å². The van der Waals surface area contributed by atoms with Crippen molar-refractivity contribution in [2.45, 2.75) is 97.3 Å². The molecule has 0 aliphatic rings. The van der Waals surface area contributed by atoms with Crippen molar-refractivity contribution in [1.29, 1.82) is 0 Å². The van der Waals surface area contributed by atoms with Crippen LogP contribution in [-0.4, -0.2) is 19.2 Å². The van der Waals surface area contributed by atoms with E-state index >= 15 is 0 Å². The summed E-state index contributed by atoms with van der Waals surface area (Å²) in [7, 11) is 0. The molecule has 0 heterocycles. The van der Waals surface area contributed by atoms with E-state index in [0.29, 0.717) is 30.1 Å². The number of esters is 1. The Kier molecular flexibility index (Phi) is 14.9. The average molecular weight is 581 g/mol. The first-order valence-electron chi connectivity index (χ1n) is 15.7. The third-order valence-corrected chi connectivity index (χ3v) is 7.28. The lowest BCUT2D eigenvalue weighted by atomic mass is 10.0. The van der Waals surface area contributed by atoms with Crippen molar-refractivity contribution in [3.05, 3.63) is 77.9 Å². The maximum Gasteiger partial charge on any atom is 0.343 e. The largest absolute Gasteiger partial charge is 0.494 e. The van der Waals surface area contributed by atoms with Gasteiger partial charge >= 0.3 is 5.97 Å². The standard InChI is InChI=1S/C36H46F2O4/c1-3-5-7-9-11-13-14-26-40-30-20-18-29(19-21-30)36(39)42-31-22-16-28(17-23-31)32-24-25-33(35(38)34(32)37)41-27-15-12-10-8-6-4-2/h16-25H,3-15,26-27H2,1-2H3. The first kappa shape index (κ1) is 33.1. The van der Waals surface area contributed by atoms with Crippen molar-refractivity contribution in [2.75, 3.05) is 13.2 Å². The summed E-state index contributed by atoms with van der Waals surface area (Å²) in [5.74, 6) is -1.52. The third kappa shape index (κ3) is 11.1. The molecule has 6 heteroatoms. The molecule has 0 aliphatic carbocycles. The Morgan fingerprint density at radius 1 is 0.571 bits per heavy atom. The number of carbonyl (C=O) groups is 1. The van der Waals surface area contributed by atoms with Gasteiger partial charge in [-0.15, -0.1) is 0 Å². The predicted octanol–water partition coefficient (Wildman–Crippen LogP) is 10.7. The molecule has 3 aromatic carbocycles. The highest BCUT2D eigenvalue weighted by molar-refractivity contribution is 5.91. The number of halogens is 2. The Morgan fingerprint density at radius 3 is 1.69 bits per heavy atom. The Bertz CT molecular complexity index is 1190. The number of unbranched alkanes of at least 4 members (excludes halogenated alkanes) is 11. The van der Waals surface area contributed by atoms with Gasteiger partial charge in [0.05, 0.1) is 18.8 Å². The second-order valence-corrected chi connectivity index (χ2v) is 10.8. The second kappa shape index (κ2) is 18.9. The van der Waals surface area contributed by atoms with Gasteiger partial charge in [0, 0.05) is 5.56 Å². The van der Waals surface area contributed by atoms with E-state index in [2.05, 4.69) is 13.8 Å². The van der Waals surface area contributed by atoms with Crippen LogP contribution in [0.15, 0.2) is 60.7 Å². The van der Waals surface area contributed by atoms with Crippen LogP contribution in [0.2, 0.25) is 0 Å². The maximum absolute atomic E-state index is 14.8. The highest BCUT2D eigenvalue weighted by Gasteiger charge is 2.16. The minimum Gasteiger partial charge on any atom is -0.494 e. The summed E-state index contributed by atoms with van der Waals surface area (Å²) in [5, 5.41) is 0. The number of rotatable bonds is 20. The molecule has 0 bridgehead atoms. The van der Waals surface area contributed by atoms with Crippen LogP contribution in [0, 0.1) is 11.6 Å². The molecule has 0 amide bonds. The molecular formula is C36H46F2O4. The summed E-state index contributed by atoms with van der Waals surface area (Å²) in [5.41, 5.74) is 0.979. The minimum absolute atomic E-state index is 0.0791. The van der Waals surface area contributed by atoms with Crippen molar-refractivity contribution >= 4 is 5.97 Å². The van der Waals surface area contributed by atoms with E-state index in [1.807, 2.05) is 0 Å². The minimum atomic E-state index is -0.996. The monoisotopic (exact) mass is 580 g/mol. The Balaban J connectivity index is 1.45. The van der Waals surface area contributed by atoms with Crippen LogP contribution < -0.4 is 14.2 Å². The maximum atomic E-state index is 14.8. The Labute approximate surface area is 250 Å². The van der Waals surface area contributed by atoms with Crippen molar-refractivity contribution in [3.8, 4) is 28.4 Å². The molecule has 0 atom stereocenters. The van der Waals surface area contributed by atoms with Gasteiger partial charge in [-0.25, -0.2) is 9.18 Å². The first-order valence-corrected chi connectivity index (χ1v) is 15.7. The number of carbonyl (C=O) groups excluding carboxylic acids is 1. The summed E-state index contributed by atoms with van der Waals surface area (Å²) in [6, 6.07) is 16.2. The third-order valence-electron chi connectivity index (χ3n) is 7.28. The molecule has 4 nitrogen and oxygen atoms in total. The molecule has 0 aromatic heterocycles. The van der Waals surface area contributed by atoms with Crippen LogP contribution >= 0.6 is 0 Å². The zero-order chi connectivity index (χ0) is 30.0. The first-order chi connectivity index (χ1) is 20.5. The van der Waals surface area contributed by atoms with Crippen LogP contribution in [-0.2, 0) is 0 Å². The van der Waals surface area contributed by atoms with Gasteiger partial charge in [-0.05, 0) is 66.9 Å². The SMILES string of the molecule is CCCCCCCCCOc1ccc(C(=O)Oc2ccc(-c3ccc(OCCCCCCCC)c(F)c3F)cc2)cc1. The van der Waals surface area contributed by atoms with E-state index in [4.69, 9.17) is 14.2 Å². The van der Waals surface area contributed by atoms with Crippen molar-refractivity contribution in [1.82, 2.24) is 0 Å². The zero-order valence-corrected chi connectivity index (χ0v) is 25.3. The number of ether oxygens (including phenoxy) is 3. The molecule has 0 radical (unpaired) electrons. The highest BCUT2D eigenvalue weighted by atomic mass is 19.2. The fourth-order valence-corrected chi connectivity index (χ4v) is 4.74. The molecular weight excluding hydrogens is 534 g/mol. The molecule has 228 valence electrons. The van der Waals surface area contributed by atoms with Gasteiger partial charge in [0.2, 0.25) is 5.82 Å². The van der Waals surface area contributed by atoms with E-state index in [0.717, 1.165) is 37.9 Å². The van der Waals surface area contributed by atoms with E-state index in [1.54, 1.807) is 48.5 Å². The van der Waals surface area contributed by atoms with Crippen molar-refractivity contribution in [2.24, 2.45) is 0 Å². The second-order valence-electron chi connectivity index (χ2n) is 10.8. The summed E-state index contributed by atoms with van der Waals surface area (Å²) in [6.07, 6.45) is 15.1. The van der Waals surface area contributed by atoms with Crippen LogP contribution in [0.25, 0.3) is 11.1 Å². The predicted molar refractivity (Wildman–Crippen MR) is 166 cm³/mol. The van der Waals surface area contributed by atoms with Gasteiger partial charge in [0.1, 0.15) is 11.5 Å². The Morgan fingerprint density at radius 2 is 1.10 bits per heavy atom. The van der Waals surface area contributed by atoms with Crippen LogP contribution in [0.1, 0.15) is 108 Å². The topological polar surface area (TPSA) is 44.8 Å². The molecule has 0 fully saturated rings. The van der Waals surface area contributed by atoms with Gasteiger partial charge in [-0.1, -0.05) is 96.6 Å². The number of hydrogen-bond donors (Lipinski definition) is 0. The van der Waals surface area contributed by atoms with E-state index < -0.39 is 17.6 Å². The smallest absolute Gasteiger partial charge is 0.343 e. The van der Waals surface area contributed by atoms with Gasteiger partial charge in [0.25, 0.3) is 0 Å². The molecule has 3 aromatic rings. The Hall–Kier alpha value is -3.41.